The zero-order chi connectivity index (χ0) is 13.7. The molecule has 1 aliphatic rings. The molecule has 1 aromatic rings. The van der Waals surface area contributed by atoms with Crippen molar-refractivity contribution in [2.45, 2.75) is 12.1 Å². The SMILES string of the molecule is O=C(NC1NCCS1)OCc1ccc([N+](=O)[O-])cc1. The topological polar surface area (TPSA) is 93.5 Å². The Morgan fingerprint density at radius 3 is 2.84 bits per heavy atom. The van der Waals surface area contributed by atoms with Crippen molar-refractivity contribution in [2.75, 3.05) is 12.3 Å². The van der Waals surface area contributed by atoms with E-state index in [9.17, 15) is 14.9 Å². The lowest BCUT2D eigenvalue weighted by Crippen LogP contribution is -2.39. The molecule has 0 aliphatic carbocycles. The number of alkyl carbamates (subject to hydrolysis) is 1. The van der Waals surface area contributed by atoms with Gasteiger partial charge in [0.25, 0.3) is 5.69 Å². The number of rotatable bonds is 4. The molecule has 2 rings (SSSR count). The Morgan fingerprint density at radius 1 is 1.53 bits per heavy atom. The molecule has 1 heterocycles. The molecule has 7 nitrogen and oxygen atoms in total. The highest BCUT2D eigenvalue weighted by Gasteiger charge is 2.17. The van der Waals surface area contributed by atoms with E-state index in [1.54, 1.807) is 23.9 Å². The molecule has 1 aromatic carbocycles. The Kier molecular flexibility index (Phi) is 4.58. The number of amides is 1. The second kappa shape index (κ2) is 6.39. The number of non-ortho nitro benzene ring substituents is 1. The number of nitro benzene ring substituents is 1. The molecule has 1 amide bonds. The van der Waals surface area contributed by atoms with E-state index in [1.807, 2.05) is 0 Å². The standard InChI is InChI=1S/C11H13N3O4S/c15-11(13-10-12-5-6-19-10)18-7-8-1-3-9(4-2-8)14(16)17/h1-4,10,12H,5-7H2,(H,13,15). The van der Waals surface area contributed by atoms with Crippen LogP contribution < -0.4 is 10.6 Å². The van der Waals surface area contributed by atoms with Crippen LogP contribution in [0.1, 0.15) is 5.56 Å². The second-order valence-corrected chi connectivity index (χ2v) is 5.06. The van der Waals surface area contributed by atoms with E-state index in [1.165, 1.54) is 12.1 Å². The molecular formula is C11H13N3O4S. The van der Waals surface area contributed by atoms with Crippen LogP contribution >= 0.6 is 11.8 Å². The molecule has 19 heavy (non-hydrogen) atoms. The predicted octanol–water partition coefficient (Wildman–Crippen LogP) is 1.44. The van der Waals surface area contributed by atoms with E-state index in [4.69, 9.17) is 4.74 Å². The first-order valence-corrected chi connectivity index (χ1v) is 6.71. The van der Waals surface area contributed by atoms with Gasteiger partial charge in [-0.25, -0.2) is 4.79 Å². The highest BCUT2D eigenvalue weighted by atomic mass is 32.2. The van der Waals surface area contributed by atoms with Gasteiger partial charge in [0.1, 0.15) is 12.1 Å². The molecule has 0 saturated carbocycles. The Balaban J connectivity index is 1.77. The second-order valence-electron chi connectivity index (χ2n) is 3.85. The van der Waals surface area contributed by atoms with Gasteiger partial charge in [-0.05, 0) is 17.7 Å². The number of nitrogens with zero attached hydrogens (tertiary/aromatic N) is 1. The summed E-state index contributed by atoms with van der Waals surface area (Å²) in [6.45, 7) is 0.944. The Bertz CT molecular complexity index is 460. The quantitative estimate of drug-likeness (QED) is 0.641. The highest BCUT2D eigenvalue weighted by Crippen LogP contribution is 2.13. The van der Waals surface area contributed by atoms with Gasteiger partial charge in [-0.1, -0.05) is 0 Å². The van der Waals surface area contributed by atoms with E-state index in [-0.39, 0.29) is 17.8 Å². The maximum atomic E-state index is 11.5. The van der Waals surface area contributed by atoms with Gasteiger partial charge in [-0.2, -0.15) is 0 Å². The number of thioether (sulfide) groups is 1. The molecule has 0 bridgehead atoms. The van der Waals surface area contributed by atoms with Crippen LogP contribution in [-0.2, 0) is 11.3 Å². The number of nitro groups is 1. The number of hydrogen-bond acceptors (Lipinski definition) is 6. The van der Waals surface area contributed by atoms with Crippen LogP contribution in [0.5, 0.6) is 0 Å². The van der Waals surface area contributed by atoms with E-state index < -0.39 is 11.0 Å². The summed E-state index contributed by atoms with van der Waals surface area (Å²) < 4.78 is 5.02. The summed E-state index contributed by atoms with van der Waals surface area (Å²) in [4.78, 5) is 21.5. The van der Waals surface area contributed by atoms with Gasteiger partial charge < -0.3 is 4.74 Å². The van der Waals surface area contributed by atoms with Crippen LogP contribution in [0.3, 0.4) is 0 Å². The van der Waals surface area contributed by atoms with Crippen molar-refractivity contribution in [1.29, 1.82) is 0 Å². The zero-order valence-corrected chi connectivity index (χ0v) is 10.8. The Morgan fingerprint density at radius 2 is 2.26 bits per heavy atom. The van der Waals surface area contributed by atoms with Crippen LogP contribution in [-0.4, -0.2) is 28.8 Å². The van der Waals surface area contributed by atoms with Crippen LogP contribution in [0.4, 0.5) is 10.5 Å². The fourth-order valence-electron chi connectivity index (χ4n) is 1.53. The summed E-state index contributed by atoms with van der Waals surface area (Å²) in [5, 5.41) is 16.2. The summed E-state index contributed by atoms with van der Waals surface area (Å²) in [6.07, 6.45) is -0.509. The smallest absolute Gasteiger partial charge is 0.409 e. The molecule has 1 aliphatic heterocycles. The minimum absolute atomic E-state index is 0.0137. The first-order chi connectivity index (χ1) is 9.15. The zero-order valence-electron chi connectivity index (χ0n) is 10.00. The fraction of sp³-hybridized carbons (Fsp3) is 0.364. The number of carbonyl (C=O) groups is 1. The van der Waals surface area contributed by atoms with E-state index in [0.717, 1.165) is 12.3 Å². The molecular weight excluding hydrogens is 270 g/mol. The minimum atomic E-state index is -0.509. The summed E-state index contributed by atoms with van der Waals surface area (Å²) in [6, 6.07) is 5.89. The van der Waals surface area contributed by atoms with Crippen molar-refractivity contribution in [3.63, 3.8) is 0 Å². The van der Waals surface area contributed by atoms with Gasteiger partial charge in [-0.15, -0.1) is 11.8 Å². The minimum Gasteiger partial charge on any atom is -0.445 e. The molecule has 0 aromatic heterocycles. The van der Waals surface area contributed by atoms with E-state index in [0.29, 0.717) is 5.56 Å². The summed E-state index contributed by atoms with van der Waals surface area (Å²) in [5.74, 6) is 0.952. The predicted molar refractivity (Wildman–Crippen MR) is 70.7 cm³/mol. The van der Waals surface area contributed by atoms with Crippen LogP contribution in [0.25, 0.3) is 0 Å². The molecule has 1 saturated heterocycles. The average molecular weight is 283 g/mol. The molecule has 1 unspecified atom stereocenters. The first kappa shape index (κ1) is 13.6. The van der Waals surface area contributed by atoms with Gasteiger partial charge in [0.2, 0.25) is 0 Å². The van der Waals surface area contributed by atoms with Crippen molar-refractivity contribution in [3.8, 4) is 0 Å². The first-order valence-electron chi connectivity index (χ1n) is 5.67. The molecule has 2 N–H and O–H groups in total. The molecule has 8 heteroatoms. The summed E-state index contributed by atoms with van der Waals surface area (Å²) in [5.41, 5.74) is 0.608. The van der Waals surface area contributed by atoms with Crippen LogP contribution in [0.2, 0.25) is 0 Å². The lowest BCUT2D eigenvalue weighted by Gasteiger charge is -2.12. The summed E-state index contributed by atoms with van der Waals surface area (Å²) >= 11 is 1.60. The van der Waals surface area contributed by atoms with Crippen molar-refractivity contribution in [3.05, 3.63) is 39.9 Å². The number of hydrogen-bond donors (Lipinski definition) is 2. The molecule has 0 radical (unpaired) electrons. The molecule has 0 spiro atoms. The maximum Gasteiger partial charge on any atom is 0.409 e. The van der Waals surface area contributed by atoms with Crippen molar-refractivity contribution in [1.82, 2.24) is 10.6 Å². The third-order valence-electron chi connectivity index (χ3n) is 2.48. The van der Waals surface area contributed by atoms with Gasteiger partial charge in [0, 0.05) is 24.4 Å². The molecule has 1 atom stereocenters. The van der Waals surface area contributed by atoms with Crippen LogP contribution in [0, 0.1) is 10.1 Å². The normalized spacial score (nSPS) is 18.0. The third kappa shape index (κ3) is 4.11. The number of nitrogens with one attached hydrogen (secondary N) is 2. The number of benzene rings is 1. The van der Waals surface area contributed by atoms with Crippen molar-refractivity contribution in [2.24, 2.45) is 0 Å². The molecule has 102 valence electrons. The average Bonchev–Trinajstić information content (AvgIpc) is 2.89. The fourth-order valence-corrected chi connectivity index (χ4v) is 2.42. The summed E-state index contributed by atoms with van der Waals surface area (Å²) in [7, 11) is 0. The van der Waals surface area contributed by atoms with E-state index in [2.05, 4.69) is 10.6 Å². The van der Waals surface area contributed by atoms with E-state index >= 15 is 0 Å². The van der Waals surface area contributed by atoms with Crippen LogP contribution in [0.15, 0.2) is 24.3 Å². The third-order valence-corrected chi connectivity index (χ3v) is 3.54. The van der Waals surface area contributed by atoms with Gasteiger partial charge in [-0.3, -0.25) is 20.7 Å². The lowest BCUT2D eigenvalue weighted by molar-refractivity contribution is -0.384. The highest BCUT2D eigenvalue weighted by molar-refractivity contribution is 8.00. The Labute approximate surface area is 113 Å². The monoisotopic (exact) mass is 283 g/mol. The van der Waals surface area contributed by atoms with Crippen molar-refractivity contribution >= 4 is 23.5 Å². The largest absolute Gasteiger partial charge is 0.445 e. The lowest BCUT2D eigenvalue weighted by atomic mass is 10.2. The van der Waals surface area contributed by atoms with Gasteiger partial charge in [0.15, 0.2) is 0 Å². The number of ether oxygens (including phenoxy) is 1. The Hall–Kier alpha value is -1.80. The van der Waals surface area contributed by atoms with Crippen molar-refractivity contribution < 1.29 is 14.5 Å². The number of carbonyl (C=O) groups excluding carboxylic acids is 1. The maximum absolute atomic E-state index is 11.5. The van der Waals surface area contributed by atoms with Gasteiger partial charge >= 0.3 is 6.09 Å². The van der Waals surface area contributed by atoms with Gasteiger partial charge in [0.05, 0.1) is 4.92 Å². The molecule has 1 fully saturated rings.